The topological polar surface area (TPSA) is 82.1 Å². The lowest BCUT2D eigenvalue weighted by Gasteiger charge is -2.25. The first-order chi connectivity index (χ1) is 16.9. The molecule has 0 spiro atoms. The van der Waals surface area contributed by atoms with E-state index in [0.717, 1.165) is 5.56 Å². The highest BCUT2D eigenvalue weighted by atomic mass is 35.5. The van der Waals surface area contributed by atoms with Crippen LogP contribution in [-0.4, -0.2) is 24.0 Å². The van der Waals surface area contributed by atoms with Crippen LogP contribution in [0.25, 0.3) is 11.0 Å². The zero-order chi connectivity index (χ0) is 24.7. The molecule has 3 heterocycles. The van der Waals surface area contributed by atoms with Crippen LogP contribution in [0.3, 0.4) is 0 Å². The molecule has 0 N–H and O–H groups in total. The van der Waals surface area contributed by atoms with Crippen molar-refractivity contribution in [1.29, 1.82) is 0 Å². The van der Waals surface area contributed by atoms with E-state index in [1.165, 1.54) is 0 Å². The number of carbonyl (C=O) groups is 1. The van der Waals surface area contributed by atoms with Crippen LogP contribution in [0.4, 0.5) is 0 Å². The Morgan fingerprint density at radius 2 is 1.80 bits per heavy atom. The third kappa shape index (κ3) is 3.96. The van der Waals surface area contributed by atoms with E-state index in [0.29, 0.717) is 52.0 Å². The minimum Gasteiger partial charge on any atom is -0.490 e. The average molecular weight is 494 g/mol. The molecule has 0 fully saturated rings. The van der Waals surface area contributed by atoms with E-state index >= 15 is 0 Å². The second-order valence-corrected chi connectivity index (χ2v) is 8.67. The first-order valence-electron chi connectivity index (χ1n) is 11.4. The lowest BCUT2D eigenvalue weighted by atomic mass is 9.97. The van der Waals surface area contributed by atoms with E-state index < -0.39 is 6.04 Å². The van der Waals surface area contributed by atoms with E-state index in [-0.39, 0.29) is 29.2 Å². The lowest BCUT2D eigenvalue weighted by molar-refractivity contribution is 0.0701. The van der Waals surface area contributed by atoms with Crippen molar-refractivity contribution in [2.24, 2.45) is 0 Å². The second-order valence-electron chi connectivity index (χ2n) is 8.26. The van der Waals surface area contributed by atoms with Crippen molar-refractivity contribution in [2.45, 2.75) is 33.4 Å². The summed E-state index contributed by atoms with van der Waals surface area (Å²) in [4.78, 5) is 28.9. The molecule has 1 aliphatic heterocycles. The predicted molar refractivity (Wildman–Crippen MR) is 131 cm³/mol. The minimum atomic E-state index is -0.710. The van der Waals surface area contributed by atoms with E-state index in [1.807, 2.05) is 32.9 Å². The van der Waals surface area contributed by atoms with Crippen LogP contribution in [0, 0.1) is 6.92 Å². The van der Waals surface area contributed by atoms with Crippen LogP contribution < -0.4 is 14.9 Å². The van der Waals surface area contributed by atoms with Crippen molar-refractivity contribution in [3.63, 3.8) is 0 Å². The van der Waals surface area contributed by atoms with Gasteiger partial charge >= 0.3 is 0 Å². The summed E-state index contributed by atoms with van der Waals surface area (Å²) in [6.07, 6.45) is 1.55. The third-order valence-corrected chi connectivity index (χ3v) is 6.44. The Hall–Kier alpha value is -3.71. The fraction of sp³-hybridized carbons (Fsp3) is 0.259. The summed E-state index contributed by atoms with van der Waals surface area (Å²) >= 11 is 6.32. The Balaban J connectivity index is 1.73. The fourth-order valence-electron chi connectivity index (χ4n) is 4.46. The SMILES string of the molecule is CCOc1ccc(C2c3c(oc4cc(C)c(Cl)cc4c3=O)C(=O)N2Cc2ccco2)cc1OCC. The van der Waals surface area contributed by atoms with Crippen LogP contribution in [0.15, 0.2) is 62.4 Å². The van der Waals surface area contributed by atoms with Gasteiger partial charge in [-0.3, -0.25) is 9.59 Å². The predicted octanol–water partition coefficient (Wildman–Crippen LogP) is 5.89. The molecule has 1 aliphatic rings. The maximum absolute atomic E-state index is 13.8. The van der Waals surface area contributed by atoms with Crippen molar-refractivity contribution in [3.8, 4) is 11.5 Å². The molecule has 8 heteroatoms. The van der Waals surface area contributed by atoms with Crippen molar-refractivity contribution < 1.29 is 23.1 Å². The summed E-state index contributed by atoms with van der Waals surface area (Å²) in [5, 5.41) is 0.783. The lowest BCUT2D eigenvalue weighted by Crippen LogP contribution is -2.29. The van der Waals surface area contributed by atoms with E-state index in [4.69, 9.17) is 29.9 Å². The monoisotopic (exact) mass is 493 g/mol. The van der Waals surface area contributed by atoms with Crippen LogP contribution >= 0.6 is 11.6 Å². The maximum Gasteiger partial charge on any atom is 0.291 e. The highest BCUT2D eigenvalue weighted by Gasteiger charge is 2.43. The van der Waals surface area contributed by atoms with Gasteiger partial charge in [-0.25, -0.2) is 0 Å². The maximum atomic E-state index is 13.8. The zero-order valence-electron chi connectivity index (χ0n) is 19.6. The van der Waals surface area contributed by atoms with E-state index in [1.54, 1.807) is 41.5 Å². The number of fused-ring (bicyclic) bond motifs is 2. The molecule has 1 amide bonds. The van der Waals surface area contributed by atoms with Gasteiger partial charge in [-0.15, -0.1) is 0 Å². The van der Waals surface area contributed by atoms with Gasteiger partial charge in [-0.05, 0) is 68.3 Å². The molecule has 0 saturated carbocycles. The number of aryl methyl sites for hydroxylation is 1. The number of amides is 1. The van der Waals surface area contributed by atoms with Gasteiger partial charge in [0.15, 0.2) is 16.9 Å². The van der Waals surface area contributed by atoms with Crippen LogP contribution in [-0.2, 0) is 6.54 Å². The van der Waals surface area contributed by atoms with Gasteiger partial charge in [-0.1, -0.05) is 17.7 Å². The molecule has 2 aromatic carbocycles. The molecule has 180 valence electrons. The van der Waals surface area contributed by atoms with Gasteiger partial charge in [0.25, 0.3) is 5.91 Å². The van der Waals surface area contributed by atoms with Crippen molar-refractivity contribution in [3.05, 3.63) is 92.2 Å². The Kier molecular flexibility index (Phi) is 6.03. The number of halogens is 1. The standard InChI is InChI=1S/C27H24ClNO6/c1-4-32-20-9-8-16(12-22(20)33-5-2)24-23-25(30)18-13-19(28)15(3)11-21(18)35-26(23)27(31)29(24)14-17-7-6-10-34-17/h6-13,24H,4-5,14H2,1-3H3. The molecule has 5 rings (SSSR count). The fourth-order valence-corrected chi connectivity index (χ4v) is 4.62. The van der Waals surface area contributed by atoms with Gasteiger partial charge in [0, 0.05) is 5.02 Å². The van der Waals surface area contributed by atoms with Crippen LogP contribution in [0.1, 0.15) is 52.9 Å². The molecule has 35 heavy (non-hydrogen) atoms. The first kappa shape index (κ1) is 23.1. The normalized spacial score (nSPS) is 15.0. The summed E-state index contributed by atoms with van der Waals surface area (Å²) in [5.41, 5.74) is 1.74. The molecular formula is C27H24ClNO6. The number of furan rings is 1. The third-order valence-electron chi connectivity index (χ3n) is 6.04. The van der Waals surface area contributed by atoms with Gasteiger partial charge in [0.1, 0.15) is 11.3 Å². The molecule has 0 radical (unpaired) electrons. The van der Waals surface area contributed by atoms with Crippen molar-refractivity contribution in [2.75, 3.05) is 13.2 Å². The number of carbonyl (C=O) groups excluding carboxylic acids is 1. The number of hydrogen-bond donors (Lipinski definition) is 0. The van der Waals surface area contributed by atoms with E-state index in [2.05, 4.69) is 0 Å². The number of ether oxygens (including phenoxy) is 2. The highest BCUT2D eigenvalue weighted by Crippen LogP contribution is 2.42. The Labute approximate surface area is 206 Å². The summed E-state index contributed by atoms with van der Waals surface area (Å²) in [6.45, 7) is 6.66. The Morgan fingerprint density at radius 3 is 2.51 bits per heavy atom. The van der Waals surface area contributed by atoms with Gasteiger partial charge in [0.05, 0.1) is 43.0 Å². The molecular weight excluding hydrogens is 470 g/mol. The molecule has 0 aliphatic carbocycles. The molecule has 4 aromatic rings. The first-order valence-corrected chi connectivity index (χ1v) is 11.8. The minimum absolute atomic E-state index is 0.0209. The quantitative estimate of drug-likeness (QED) is 0.319. The van der Waals surface area contributed by atoms with Crippen LogP contribution in [0.5, 0.6) is 11.5 Å². The number of nitrogens with zero attached hydrogens (tertiary/aromatic N) is 1. The number of benzene rings is 2. The Morgan fingerprint density at radius 1 is 1.03 bits per heavy atom. The smallest absolute Gasteiger partial charge is 0.291 e. The zero-order valence-corrected chi connectivity index (χ0v) is 20.3. The summed E-state index contributed by atoms with van der Waals surface area (Å²) in [6, 6.07) is 11.5. The summed E-state index contributed by atoms with van der Waals surface area (Å²) < 4.78 is 23.1. The summed E-state index contributed by atoms with van der Waals surface area (Å²) in [7, 11) is 0. The van der Waals surface area contributed by atoms with Crippen LogP contribution in [0.2, 0.25) is 5.02 Å². The van der Waals surface area contributed by atoms with Gasteiger partial charge in [0.2, 0.25) is 5.76 Å². The molecule has 7 nitrogen and oxygen atoms in total. The average Bonchev–Trinajstić information content (AvgIpc) is 3.44. The number of rotatable bonds is 7. The van der Waals surface area contributed by atoms with Gasteiger partial charge in [-0.2, -0.15) is 0 Å². The van der Waals surface area contributed by atoms with Crippen molar-refractivity contribution >= 4 is 28.5 Å². The van der Waals surface area contributed by atoms with Gasteiger partial charge < -0.3 is 23.2 Å². The Bertz CT molecular complexity index is 1470. The molecule has 1 unspecified atom stereocenters. The molecule has 0 bridgehead atoms. The highest BCUT2D eigenvalue weighted by molar-refractivity contribution is 6.32. The second kappa shape index (κ2) is 9.15. The van der Waals surface area contributed by atoms with Crippen molar-refractivity contribution in [1.82, 2.24) is 4.90 Å². The largest absolute Gasteiger partial charge is 0.490 e. The molecule has 0 saturated heterocycles. The summed E-state index contributed by atoms with van der Waals surface area (Å²) in [5.74, 6) is 1.35. The number of hydrogen-bond acceptors (Lipinski definition) is 6. The molecule has 2 aromatic heterocycles. The van der Waals surface area contributed by atoms with E-state index in [9.17, 15) is 9.59 Å². The molecule has 1 atom stereocenters.